The van der Waals surface area contributed by atoms with E-state index in [9.17, 15) is 0 Å². The van der Waals surface area contributed by atoms with Crippen LogP contribution in [0.4, 0.5) is 0 Å². The summed E-state index contributed by atoms with van der Waals surface area (Å²) in [5.41, 5.74) is 1.28. The van der Waals surface area contributed by atoms with Crippen LogP contribution in [0.5, 0.6) is 0 Å². The molecule has 0 heterocycles. The van der Waals surface area contributed by atoms with Gasteiger partial charge in [-0.1, -0.05) is 5.57 Å². The van der Waals surface area contributed by atoms with Gasteiger partial charge in [0.25, 0.3) is 0 Å². The summed E-state index contributed by atoms with van der Waals surface area (Å²) in [5.74, 6) is 1.01. The van der Waals surface area contributed by atoms with Gasteiger partial charge in [0.05, 0.1) is 5.76 Å². The summed E-state index contributed by atoms with van der Waals surface area (Å²) in [4.78, 5) is 0. The molecule has 0 aliphatic rings. The lowest BCUT2D eigenvalue weighted by Gasteiger charge is -2.20. The minimum Gasteiger partial charge on any atom is -0.545 e. The number of hydrogen-bond acceptors (Lipinski definition) is 1. The zero-order valence-electron chi connectivity index (χ0n) is 9.06. The molecule has 0 atom stereocenters. The van der Waals surface area contributed by atoms with Gasteiger partial charge in [0, 0.05) is 0 Å². The first kappa shape index (κ1) is 11.5. The van der Waals surface area contributed by atoms with Gasteiger partial charge in [0.2, 0.25) is 8.32 Å². The minimum atomic E-state index is -1.42. The Balaban J connectivity index is 4.33. The van der Waals surface area contributed by atoms with Crippen LogP contribution >= 0.6 is 0 Å². The van der Waals surface area contributed by atoms with Crippen LogP contribution in [0, 0.1) is 0 Å². The number of allylic oxidation sites excluding steroid dienone is 3. The van der Waals surface area contributed by atoms with Crippen LogP contribution < -0.4 is 0 Å². The van der Waals surface area contributed by atoms with Crippen LogP contribution in [-0.4, -0.2) is 8.32 Å². The molecule has 12 heavy (non-hydrogen) atoms. The molecule has 0 amide bonds. The molecule has 0 aromatic rings. The van der Waals surface area contributed by atoms with Gasteiger partial charge in [-0.05, 0) is 52.6 Å². The molecule has 0 aromatic heterocycles. The molecule has 0 rings (SSSR count). The van der Waals surface area contributed by atoms with Gasteiger partial charge in [-0.25, -0.2) is 0 Å². The van der Waals surface area contributed by atoms with Crippen molar-refractivity contribution in [3.63, 3.8) is 0 Å². The first-order chi connectivity index (χ1) is 5.35. The summed E-state index contributed by atoms with van der Waals surface area (Å²) >= 11 is 0. The molecular weight excluding hydrogens is 164 g/mol. The maximum Gasteiger partial charge on any atom is 0.242 e. The average Bonchev–Trinajstić information content (AvgIpc) is 1.82. The molecule has 70 valence electrons. The second-order valence-corrected chi connectivity index (χ2v) is 8.56. The highest BCUT2D eigenvalue weighted by atomic mass is 28.4. The lowest BCUT2D eigenvalue weighted by Crippen LogP contribution is -2.24. The molecule has 2 heteroatoms. The molecule has 0 radical (unpaired) electrons. The van der Waals surface area contributed by atoms with E-state index in [1.54, 1.807) is 0 Å². The van der Waals surface area contributed by atoms with Crippen molar-refractivity contribution in [2.75, 3.05) is 0 Å². The van der Waals surface area contributed by atoms with E-state index in [0.29, 0.717) is 0 Å². The van der Waals surface area contributed by atoms with Crippen LogP contribution in [-0.2, 0) is 4.43 Å². The van der Waals surface area contributed by atoms with E-state index in [-0.39, 0.29) is 0 Å². The summed E-state index contributed by atoms with van der Waals surface area (Å²) in [7, 11) is -1.42. The maximum absolute atomic E-state index is 5.82. The number of hydrogen-bond donors (Lipinski definition) is 0. The normalized spacial score (nSPS) is 12.7. The summed E-state index contributed by atoms with van der Waals surface area (Å²) in [5, 5.41) is 0. The topological polar surface area (TPSA) is 9.23 Å². The zero-order valence-corrected chi connectivity index (χ0v) is 10.1. The summed E-state index contributed by atoms with van der Waals surface area (Å²) in [6.45, 7) is 12.7. The first-order valence-electron chi connectivity index (χ1n) is 4.35. The molecule has 0 saturated carbocycles. The Bertz CT molecular complexity index is 192. The van der Waals surface area contributed by atoms with E-state index < -0.39 is 8.32 Å². The molecule has 0 fully saturated rings. The van der Waals surface area contributed by atoms with Crippen molar-refractivity contribution in [2.24, 2.45) is 0 Å². The van der Waals surface area contributed by atoms with E-state index in [1.165, 1.54) is 5.57 Å². The van der Waals surface area contributed by atoms with Crippen LogP contribution in [0.25, 0.3) is 0 Å². The Hall–Kier alpha value is -0.503. The molecule has 0 aliphatic heterocycles. The molecular formula is C10H20OSi. The largest absolute Gasteiger partial charge is 0.545 e. The van der Waals surface area contributed by atoms with Gasteiger partial charge in [0.1, 0.15) is 0 Å². The van der Waals surface area contributed by atoms with E-state index in [0.717, 1.165) is 5.76 Å². The second-order valence-electron chi connectivity index (χ2n) is 4.13. The molecule has 0 aliphatic carbocycles. The lowest BCUT2D eigenvalue weighted by atomic mass is 10.3. The van der Waals surface area contributed by atoms with Crippen molar-refractivity contribution in [3.8, 4) is 0 Å². The molecule has 0 bridgehead atoms. The van der Waals surface area contributed by atoms with Crippen molar-refractivity contribution in [3.05, 3.63) is 23.5 Å². The fourth-order valence-electron chi connectivity index (χ4n) is 0.810. The molecule has 1 nitrogen and oxygen atoms in total. The molecule has 0 N–H and O–H groups in total. The minimum absolute atomic E-state index is 1.01. The lowest BCUT2D eigenvalue weighted by molar-refractivity contribution is 0.440. The molecule has 0 spiro atoms. The molecule has 0 aromatic carbocycles. The van der Waals surface area contributed by atoms with Crippen LogP contribution in [0.3, 0.4) is 0 Å². The third-order valence-corrected chi connectivity index (χ3v) is 1.99. The van der Waals surface area contributed by atoms with E-state index in [2.05, 4.69) is 39.6 Å². The van der Waals surface area contributed by atoms with E-state index >= 15 is 0 Å². The average molecular weight is 184 g/mol. The molecule has 0 unspecified atom stereocenters. The van der Waals surface area contributed by atoms with Crippen molar-refractivity contribution in [1.82, 2.24) is 0 Å². The highest BCUT2D eigenvalue weighted by Crippen LogP contribution is 2.12. The summed E-state index contributed by atoms with van der Waals surface area (Å²) < 4.78 is 5.82. The van der Waals surface area contributed by atoms with E-state index in [4.69, 9.17) is 4.43 Å². The van der Waals surface area contributed by atoms with Gasteiger partial charge in [0.15, 0.2) is 0 Å². The first-order valence-corrected chi connectivity index (χ1v) is 7.76. The fourth-order valence-corrected chi connectivity index (χ4v) is 1.69. The monoisotopic (exact) mass is 184 g/mol. The zero-order chi connectivity index (χ0) is 9.78. The summed E-state index contributed by atoms with van der Waals surface area (Å²) in [6, 6.07) is 0. The predicted molar refractivity (Wildman–Crippen MR) is 57.6 cm³/mol. The van der Waals surface area contributed by atoms with Gasteiger partial charge < -0.3 is 4.43 Å². The Morgan fingerprint density at radius 1 is 1.17 bits per heavy atom. The quantitative estimate of drug-likeness (QED) is 0.369. The Kier molecular flexibility index (Phi) is 4.32. The highest BCUT2D eigenvalue weighted by Gasteiger charge is 2.15. The van der Waals surface area contributed by atoms with Crippen LogP contribution in [0.15, 0.2) is 23.5 Å². The van der Waals surface area contributed by atoms with Crippen LogP contribution in [0.2, 0.25) is 19.6 Å². The second kappa shape index (κ2) is 4.50. The standard InChI is InChI=1S/C10H20OSi/c1-7-10(8-9(2)3)11-12(4,5)6/h7-8H,1-6H3/b10-7+. The summed E-state index contributed by atoms with van der Waals surface area (Å²) in [6.07, 6.45) is 4.10. The van der Waals surface area contributed by atoms with Crippen LogP contribution in [0.1, 0.15) is 20.8 Å². The predicted octanol–water partition coefficient (Wildman–Crippen LogP) is 3.71. The smallest absolute Gasteiger partial charge is 0.242 e. The Morgan fingerprint density at radius 3 is 1.92 bits per heavy atom. The van der Waals surface area contributed by atoms with Gasteiger partial charge >= 0.3 is 0 Å². The van der Waals surface area contributed by atoms with Crippen molar-refractivity contribution in [1.29, 1.82) is 0 Å². The molecule has 0 saturated heterocycles. The SMILES string of the molecule is C/C=C(\C=C(C)C)O[Si](C)(C)C. The van der Waals surface area contributed by atoms with Crippen molar-refractivity contribution in [2.45, 2.75) is 40.4 Å². The van der Waals surface area contributed by atoms with Crippen molar-refractivity contribution < 1.29 is 4.43 Å². The van der Waals surface area contributed by atoms with Gasteiger partial charge in [-0.3, -0.25) is 0 Å². The van der Waals surface area contributed by atoms with Gasteiger partial charge in [-0.2, -0.15) is 0 Å². The van der Waals surface area contributed by atoms with Crippen molar-refractivity contribution >= 4 is 8.32 Å². The van der Waals surface area contributed by atoms with E-state index in [1.807, 2.05) is 13.0 Å². The highest BCUT2D eigenvalue weighted by molar-refractivity contribution is 6.70. The van der Waals surface area contributed by atoms with Gasteiger partial charge in [-0.15, -0.1) is 0 Å². The number of rotatable bonds is 3. The Morgan fingerprint density at radius 2 is 1.67 bits per heavy atom. The fraction of sp³-hybridized carbons (Fsp3) is 0.600. The third kappa shape index (κ3) is 6.22. The Labute approximate surface area is 77.3 Å². The third-order valence-electron chi connectivity index (χ3n) is 1.14. The maximum atomic E-state index is 5.82.